The van der Waals surface area contributed by atoms with Gasteiger partial charge < -0.3 is 4.90 Å². The molecule has 1 saturated heterocycles. The molecule has 0 N–H and O–H groups in total. The summed E-state index contributed by atoms with van der Waals surface area (Å²) in [6.07, 6.45) is 0. The van der Waals surface area contributed by atoms with Crippen LogP contribution in [0, 0.1) is 6.92 Å². The van der Waals surface area contributed by atoms with Crippen molar-refractivity contribution in [2.45, 2.75) is 13.0 Å². The Morgan fingerprint density at radius 3 is 1.86 bits per heavy atom. The Hall–Kier alpha value is -2.49. The van der Waals surface area contributed by atoms with Crippen molar-refractivity contribution in [1.82, 2.24) is 9.80 Å². The molecule has 0 saturated carbocycles. The Labute approximate surface area is 173 Å². The summed E-state index contributed by atoms with van der Waals surface area (Å²) in [6.45, 7) is 6.04. The standard InChI is InChI=1S/C25H26N2S/c1-20-9-8-14-23(19-20)25(28)27-17-15-26(16-18-27)24(21-10-4-2-5-11-21)22-12-6-3-7-13-22/h2-14,19,24H,15-18H2,1H3. The number of nitrogens with zero attached hydrogens (tertiary/aromatic N) is 2. The van der Waals surface area contributed by atoms with Crippen LogP contribution in [0.15, 0.2) is 84.9 Å². The number of hydrogen-bond donors (Lipinski definition) is 0. The zero-order valence-electron chi connectivity index (χ0n) is 16.3. The lowest BCUT2D eigenvalue weighted by molar-refractivity contribution is 0.152. The van der Waals surface area contributed by atoms with Crippen LogP contribution in [0.2, 0.25) is 0 Å². The van der Waals surface area contributed by atoms with Gasteiger partial charge in [-0.3, -0.25) is 4.90 Å². The molecule has 0 unspecified atom stereocenters. The van der Waals surface area contributed by atoms with Crippen molar-refractivity contribution in [3.8, 4) is 0 Å². The maximum Gasteiger partial charge on any atom is 0.109 e. The topological polar surface area (TPSA) is 6.48 Å². The van der Waals surface area contributed by atoms with E-state index in [0.29, 0.717) is 0 Å². The molecular weight excluding hydrogens is 360 g/mol. The normalized spacial score (nSPS) is 15.0. The average Bonchev–Trinajstić information content (AvgIpc) is 2.75. The summed E-state index contributed by atoms with van der Waals surface area (Å²) < 4.78 is 0. The van der Waals surface area contributed by atoms with Gasteiger partial charge in [-0.05, 0) is 24.1 Å². The van der Waals surface area contributed by atoms with Gasteiger partial charge in [0.1, 0.15) is 4.99 Å². The molecule has 0 aliphatic carbocycles. The fourth-order valence-electron chi connectivity index (χ4n) is 4.03. The molecule has 1 fully saturated rings. The van der Waals surface area contributed by atoms with Crippen molar-refractivity contribution >= 4 is 17.2 Å². The third kappa shape index (κ3) is 4.16. The van der Waals surface area contributed by atoms with E-state index in [2.05, 4.69) is 102 Å². The van der Waals surface area contributed by atoms with E-state index in [1.54, 1.807) is 0 Å². The Bertz CT molecular complexity index is 876. The summed E-state index contributed by atoms with van der Waals surface area (Å²) in [4.78, 5) is 5.91. The SMILES string of the molecule is Cc1cccc(C(=S)N2CCN(C(c3ccccc3)c3ccccc3)CC2)c1. The molecule has 0 spiro atoms. The van der Waals surface area contributed by atoms with E-state index in [4.69, 9.17) is 12.2 Å². The predicted octanol–water partition coefficient (Wildman–Crippen LogP) is 5.08. The Morgan fingerprint density at radius 1 is 0.750 bits per heavy atom. The first kappa shape index (κ1) is 18.9. The first-order chi connectivity index (χ1) is 13.7. The number of hydrogen-bond acceptors (Lipinski definition) is 2. The second-order valence-electron chi connectivity index (χ2n) is 7.42. The smallest absolute Gasteiger partial charge is 0.109 e. The van der Waals surface area contributed by atoms with E-state index in [-0.39, 0.29) is 6.04 Å². The maximum atomic E-state index is 5.80. The van der Waals surface area contributed by atoms with Crippen molar-refractivity contribution in [3.63, 3.8) is 0 Å². The number of benzene rings is 3. The molecule has 28 heavy (non-hydrogen) atoms. The average molecular weight is 387 g/mol. The molecule has 142 valence electrons. The largest absolute Gasteiger partial charge is 0.360 e. The molecule has 4 rings (SSSR count). The minimum atomic E-state index is 0.289. The summed E-state index contributed by atoms with van der Waals surface area (Å²) in [7, 11) is 0. The zero-order valence-corrected chi connectivity index (χ0v) is 17.1. The number of thiocarbonyl (C=S) groups is 1. The fourth-order valence-corrected chi connectivity index (χ4v) is 4.34. The van der Waals surface area contributed by atoms with Gasteiger partial charge in [0.05, 0.1) is 6.04 Å². The highest BCUT2D eigenvalue weighted by Crippen LogP contribution is 2.29. The molecule has 2 nitrogen and oxygen atoms in total. The zero-order chi connectivity index (χ0) is 19.3. The van der Waals surface area contributed by atoms with E-state index >= 15 is 0 Å². The van der Waals surface area contributed by atoms with Crippen molar-refractivity contribution in [1.29, 1.82) is 0 Å². The van der Waals surface area contributed by atoms with Crippen LogP contribution in [-0.2, 0) is 0 Å². The third-order valence-corrected chi connectivity index (χ3v) is 5.96. The lowest BCUT2D eigenvalue weighted by Crippen LogP contribution is -2.49. The van der Waals surface area contributed by atoms with Gasteiger partial charge in [-0.25, -0.2) is 0 Å². The second kappa shape index (κ2) is 8.68. The molecule has 1 heterocycles. The highest BCUT2D eigenvalue weighted by Gasteiger charge is 2.27. The first-order valence-electron chi connectivity index (χ1n) is 9.92. The third-order valence-electron chi connectivity index (χ3n) is 5.46. The van der Waals surface area contributed by atoms with Crippen LogP contribution >= 0.6 is 12.2 Å². The number of aryl methyl sites for hydroxylation is 1. The van der Waals surface area contributed by atoms with Crippen LogP contribution in [0.1, 0.15) is 28.3 Å². The Morgan fingerprint density at radius 2 is 1.32 bits per heavy atom. The molecule has 0 atom stereocenters. The van der Waals surface area contributed by atoms with Gasteiger partial charge in [0, 0.05) is 31.7 Å². The molecule has 3 heteroatoms. The Balaban J connectivity index is 1.51. The fraction of sp³-hybridized carbons (Fsp3) is 0.240. The second-order valence-corrected chi connectivity index (χ2v) is 7.81. The minimum Gasteiger partial charge on any atom is -0.360 e. The van der Waals surface area contributed by atoms with Crippen LogP contribution in [-0.4, -0.2) is 41.0 Å². The van der Waals surface area contributed by atoms with E-state index in [9.17, 15) is 0 Å². The van der Waals surface area contributed by atoms with Gasteiger partial charge in [0.15, 0.2) is 0 Å². The van der Waals surface area contributed by atoms with Gasteiger partial charge in [0.2, 0.25) is 0 Å². The van der Waals surface area contributed by atoms with Gasteiger partial charge in [-0.1, -0.05) is 96.6 Å². The first-order valence-corrected chi connectivity index (χ1v) is 10.3. The summed E-state index contributed by atoms with van der Waals surface area (Å²) in [6, 6.07) is 30.5. The highest BCUT2D eigenvalue weighted by molar-refractivity contribution is 7.80. The van der Waals surface area contributed by atoms with Crippen molar-refractivity contribution < 1.29 is 0 Å². The molecule has 3 aromatic carbocycles. The van der Waals surface area contributed by atoms with Gasteiger partial charge in [0.25, 0.3) is 0 Å². The van der Waals surface area contributed by atoms with Gasteiger partial charge in [-0.2, -0.15) is 0 Å². The highest BCUT2D eigenvalue weighted by atomic mass is 32.1. The monoisotopic (exact) mass is 386 g/mol. The van der Waals surface area contributed by atoms with Crippen LogP contribution < -0.4 is 0 Å². The van der Waals surface area contributed by atoms with Crippen LogP contribution in [0.5, 0.6) is 0 Å². The van der Waals surface area contributed by atoms with E-state index < -0.39 is 0 Å². The van der Waals surface area contributed by atoms with Crippen LogP contribution in [0.3, 0.4) is 0 Å². The van der Waals surface area contributed by atoms with Crippen molar-refractivity contribution in [3.05, 3.63) is 107 Å². The quantitative estimate of drug-likeness (QED) is 0.578. The summed E-state index contributed by atoms with van der Waals surface area (Å²) in [5, 5.41) is 0. The number of piperazine rings is 1. The van der Waals surface area contributed by atoms with Crippen molar-refractivity contribution in [2.24, 2.45) is 0 Å². The van der Waals surface area contributed by atoms with E-state index in [1.807, 2.05) is 0 Å². The van der Waals surface area contributed by atoms with Crippen LogP contribution in [0.25, 0.3) is 0 Å². The van der Waals surface area contributed by atoms with Crippen molar-refractivity contribution in [2.75, 3.05) is 26.2 Å². The molecule has 1 aliphatic heterocycles. The van der Waals surface area contributed by atoms with Crippen LogP contribution in [0.4, 0.5) is 0 Å². The summed E-state index contributed by atoms with van der Waals surface area (Å²) in [5.74, 6) is 0. The summed E-state index contributed by atoms with van der Waals surface area (Å²) >= 11 is 5.80. The lowest BCUT2D eigenvalue weighted by atomic mass is 9.96. The Kier molecular flexibility index (Phi) is 5.84. The maximum absolute atomic E-state index is 5.80. The van der Waals surface area contributed by atoms with E-state index in [1.165, 1.54) is 16.7 Å². The molecule has 0 radical (unpaired) electrons. The molecule has 0 aromatic heterocycles. The van der Waals surface area contributed by atoms with Gasteiger partial charge >= 0.3 is 0 Å². The number of rotatable bonds is 4. The van der Waals surface area contributed by atoms with E-state index in [0.717, 1.165) is 36.7 Å². The van der Waals surface area contributed by atoms with Gasteiger partial charge in [-0.15, -0.1) is 0 Å². The molecule has 0 amide bonds. The minimum absolute atomic E-state index is 0.289. The predicted molar refractivity (Wildman–Crippen MR) is 121 cm³/mol. The molecule has 0 bridgehead atoms. The molecule has 1 aliphatic rings. The molecule has 3 aromatic rings. The molecular formula is C25H26N2S. The lowest BCUT2D eigenvalue weighted by Gasteiger charge is -2.40. The summed E-state index contributed by atoms with van der Waals surface area (Å²) in [5.41, 5.74) is 5.12.